The number of aliphatic hydroxyl groups is 1. The van der Waals surface area contributed by atoms with Crippen LogP contribution in [0.1, 0.15) is 35.6 Å². The molecule has 1 aliphatic heterocycles. The van der Waals surface area contributed by atoms with E-state index in [1.807, 2.05) is 19.1 Å². The number of nitrogens with zero attached hydrogens (tertiary/aromatic N) is 1. The van der Waals surface area contributed by atoms with Gasteiger partial charge in [-0.25, -0.2) is 0 Å². The highest BCUT2D eigenvalue weighted by Gasteiger charge is 2.45. The van der Waals surface area contributed by atoms with Crippen molar-refractivity contribution in [1.82, 2.24) is 4.90 Å². The number of carboxylic acids is 1. The molecule has 0 radical (unpaired) electrons. The van der Waals surface area contributed by atoms with Gasteiger partial charge in [0, 0.05) is 18.1 Å². The molecule has 1 heterocycles. The number of amides is 1. The topological polar surface area (TPSA) is 97.7 Å². The molecule has 2 aromatic rings. The number of carbonyl (C=O) groups is 3. The second kappa shape index (κ2) is 8.08. The van der Waals surface area contributed by atoms with Crippen molar-refractivity contribution in [2.75, 3.05) is 6.54 Å². The van der Waals surface area contributed by atoms with E-state index in [0.29, 0.717) is 11.1 Å². The normalized spacial score (nSPS) is 18.5. The zero-order valence-corrected chi connectivity index (χ0v) is 15.4. The third kappa shape index (κ3) is 3.81. The number of rotatable bonds is 6. The van der Waals surface area contributed by atoms with Crippen LogP contribution in [0.4, 0.5) is 0 Å². The van der Waals surface area contributed by atoms with E-state index < -0.39 is 23.7 Å². The molecule has 2 aromatic carbocycles. The number of aryl methyl sites for hydroxylation is 1. The number of aliphatic carboxylic acids is 1. The van der Waals surface area contributed by atoms with Gasteiger partial charge in [-0.1, -0.05) is 60.2 Å². The number of hydrogen-bond donors (Lipinski definition) is 1. The van der Waals surface area contributed by atoms with E-state index in [9.17, 15) is 24.6 Å². The summed E-state index contributed by atoms with van der Waals surface area (Å²) in [6.07, 6.45) is -0.0641. The third-order valence-electron chi connectivity index (χ3n) is 4.76. The predicted octanol–water partition coefficient (Wildman–Crippen LogP) is 1.95. The molecule has 0 bridgehead atoms. The SMILES string of the molecule is Cc1ccc([C@@H]2C(=C(O)c3ccccc3)C(=O)C(=O)N2CCCC(=O)[O-])cc1. The average molecular weight is 378 g/mol. The second-order valence-corrected chi connectivity index (χ2v) is 6.74. The van der Waals surface area contributed by atoms with E-state index in [1.165, 1.54) is 4.90 Å². The molecule has 1 fully saturated rings. The summed E-state index contributed by atoms with van der Waals surface area (Å²) >= 11 is 0. The van der Waals surface area contributed by atoms with Crippen molar-refractivity contribution in [3.8, 4) is 0 Å². The Morgan fingerprint density at radius 1 is 1.07 bits per heavy atom. The summed E-state index contributed by atoms with van der Waals surface area (Å²) in [6.45, 7) is 1.99. The van der Waals surface area contributed by atoms with Crippen molar-refractivity contribution in [3.05, 3.63) is 76.9 Å². The number of likely N-dealkylation sites (tertiary alicyclic amines) is 1. The van der Waals surface area contributed by atoms with Crippen molar-refractivity contribution in [2.24, 2.45) is 0 Å². The van der Waals surface area contributed by atoms with Crippen LogP contribution in [0.2, 0.25) is 0 Å². The average Bonchev–Trinajstić information content (AvgIpc) is 2.93. The smallest absolute Gasteiger partial charge is 0.295 e. The quantitative estimate of drug-likeness (QED) is 0.471. The fourth-order valence-electron chi connectivity index (χ4n) is 3.35. The molecule has 0 saturated carbocycles. The van der Waals surface area contributed by atoms with E-state index >= 15 is 0 Å². The van der Waals surface area contributed by atoms with E-state index in [-0.39, 0.29) is 30.7 Å². The monoisotopic (exact) mass is 378 g/mol. The fourth-order valence-corrected chi connectivity index (χ4v) is 3.35. The van der Waals surface area contributed by atoms with Gasteiger partial charge in [0.2, 0.25) is 0 Å². The fraction of sp³-hybridized carbons (Fsp3) is 0.227. The first kappa shape index (κ1) is 19.4. The Bertz CT molecular complexity index is 931. The number of carbonyl (C=O) groups excluding carboxylic acids is 3. The lowest BCUT2D eigenvalue weighted by Gasteiger charge is -2.25. The van der Waals surface area contributed by atoms with Gasteiger partial charge in [-0.05, 0) is 25.3 Å². The van der Waals surface area contributed by atoms with Crippen LogP contribution in [0.3, 0.4) is 0 Å². The van der Waals surface area contributed by atoms with Gasteiger partial charge >= 0.3 is 0 Å². The number of hydrogen-bond acceptors (Lipinski definition) is 5. The first-order valence-electron chi connectivity index (χ1n) is 9.00. The molecule has 1 atom stereocenters. The Balaban J connectivity index is 2.08. The maximum atomic E-state index is 12.7. The Morgan fingerprint density at radius 2 is 1.71 bits per heavy atom. The molecule has 3 rings (SSSR count). The van der Waals surface area contributed by atoms with Gasteiger partial charge in [-0.2, -0.15) is 0 Å². The summed E-state index contributed by atoms with van der Waals surface area (Å²) in [5.74, 6) is -2.98. The van der Waals surface area contributed by atoms with Crippen molar-refractivity contribution < 1.29 is 24.6 Å². The Hall–Kier alpha value is -3.41. The minimum atomic E-state index is -1.22. The lowest BCUT2D eigenvalue weighted by molar-refractivity contribution is -0.305. The summed E-state index contributed by atoms with van der Waals surface area (Å²) in [6, 6.07) is 15.1. The molecule has 6 heteroatoms. The molecule has 1 saturated heterocycles. The minimum Gasteiger partial charge on any atom is -0.550 e. The first-order valence-corrected chi connectivity index (χ1v) is 9.00. The van der Waals surface area contributed by atoms with Crippen molar-refractivity contribution in [2.45, 2.75) is 25.8 Å². The highest BCUT2D eigenvalue weighted by molar-refractivity contribution is 6.46. The maximum Gasteiger partial charge on any atom is 0.295 e. The summed E-state index contributed by atoms with van der Waals surface area (Å²) in [7, 11) is 0. The zero-order chi connectivity index (χ0) is 20.3. The standard InChI is InChI=1S/C22H21NO5/c1-14-9-11-15(12-10-14)19-18(20(26)16-6-3-2-4-7-16)21(27)22(28)23(19)13-5-8-17(24)25/h2-4,6-7,9-12,19,26H,5,8,13H2,1H3,(H,24,25)/p-1/t19-/m1/s1. The summed E-state index contributed by atoms with van der Waals surface area (Å²) in [5.41, 5.74) is 2.14. The van der Waals surface area contributed by atoms with Crippen LogP contribution in [0, 0.1) is 6.92 Å². The number of carboxylic acid groups (broad SMARTS) is 1. The lowest BCUT2D eigenvalue weighted by atomic mass is 9.94. The van der Waals surface area contributed by atoms with Gasteiger partial charge in [-0.15, -0.1) is 0 Å². The summed E-state index contributed by atoms with van der Waals surface area (Å²) in [4.78, 5) is 37.4. The number of ketones is 1. The van der Waals surface area contributed by atoms with E-state index in [0.717, 1.165) is 5.56 Å². The minimum absolute atomic E-state index is 0.00787. The largest absolute Gasteiger partial charge is 0.550 e. The molecule has 0 aliphatic carbocycles. The highest BCUT2D eigenvalue weighted by Crippen LogP contribution is 2.39. The summed E-state index contributed by atoms with van der Waals surface area (Å²) in [5, 5.41) is 21.5. The Kier molecular flexibility index (Phi) is 5.59. The number of Topliss-reactive ketones (excluding diaryl/α,β-unsaturated/α-hetero) is 1. The van der Waals surface area contributed by atoms with Gasteiger partial charge in [0.25, 0.3) is 11.7 Å². The van der Waals surface area contributed by atoms with Gasteiger partial charge in [0.15, 0.2) is 0 Å². The van der Waals surface area contributed by atoms with Crippen LogP contribution in [0.15, 0.2) is 60.2 Å². The van der Waals surface area contributed by atoms with Crippen LogP contribution in [-0.4, -0.2) is 34.2 Å². The summed E-state index contributed by atoms with van der Waals surface area (Å²) < 4.78 is 0. The van der Waals surface area contributed by atoms with E-state index in [1.54, 1.807) is 42.5 Å². The third-order valence-corrected chi connectivity index (χ3v) is 4.76. The molecule has 1 aliphatic rings. The van der Waals surface area contributed by atoms with E-state index in [4.69, 9.17) is 0 Å². The van der Waals surface area contributed by atoms with Gasteiger partial charge in [0.1, 0.15) is 5.76 Å². The van der Waals surface area contributed by atoms with Gasteiger partial charge in [-0.3, -0.25) is 9.59 Å². The van der Waals surface area contributed by atoms with E-state index in [2.05, 4.69) is 0 Å². The molecule has 0 unspecified atom stereocenters. The van der Waals surface area contributed by atoms with Crippen LogP contribution in [0.25, 0.3) is 5.76 Å². The molecule has 6 nitrogen and oxygen atoms in total. The molecule has 144 valence electrons. The van der Waals surface area contributed by atoms with Crippen LogP contribution in [-0.2, 0) is 14.4 Å². The van der Waals surface area contributed by atoms with Crippen molar-refractivity contribution >= 4 is 23.4 Å². The molecule has 1 N–H and O–H groups in total. The molecule has 0 spiro atoms. The van der Waals surface area contributed by atoms with Crippen molar-refractivity contribution in [1.29, 1.82) is 0 Å². The van der Waals surface area contributed by atoms with Crippen LogP contribution < -0.4 is 5.11 Å². The first-order chi connectivity index (χ1) is 13.4. The Morgan fingerprint density at radius 3 is 2.32 bits per heavy atom. The highest BCUT2D eigenvalue weighted by atomic mass is 16.4. The lowest BCUT2D eigenvalue weighted by Crippen LogP contribution is -2.32. The second-order valence-electron chi connectivity index (χ2n) is 6.74. The number of benzene rings is 2. The molecule has 1 amide bonds. The maximum absolute atomic E-state index is 12.7. The van der Waals surface area contributed by atoms with Gasteiger partial charge < -0.3 is 19.9 Å². The van der Waals surface area contributed by atoms with Crippen LogP contribution in [0.5, 0.6) is 0 Å². The molecular formula is C22H20NO5-. The van der Waals surface area contributed by atoms with Crippen molar-refractivity contribution in [3.63, 3.8) is 0 Å². The zero-order valence-electron chi connectivity index (χ0n) is 15.4. The predicted molar refractivity (Wildman–Crippen MR) is 101 cm³/mol. The molecular weight excluding hydrogens is 358 g/mol. The molecule has 28 heavy (non-hydrogen) atoms. The number of aliphatic hydroxyl groups excluding tert-OH is 1. The van der Waals surface area contributed by atoms with Crippen LogP contribution >= 0.6 is 0 Å². The Labute approximate surface area is 162 Å². The molecule has 0 aromatic heterocycles. The van der Waals surface area contributed by atoms with Gasteiger partial charge in [0.05, 0.1) is 11.6 Å².